The molecule has 0 aromatic heterocycles. The predicted molar refractivity (Wildman–Crippen MR) is 95.7 cm³/mol. The average molecular weight is 376 g/mol. The fraction of sp³-hybridized carbons (Fsp3) is 0.562. The van der Waals surface area contributed by atoms with E-state index in [1.807, 2.05) is 11.8 Å². The zero-order chi connectivity index (χ0) is 18.0. The van der Waals surface area contributed by atoms with Gasteiger partial charge in [-0.3, -0.25) is 0 Å². The highest BCUT2D eigenvalue weighted by molar-refractivity contribution is 7.92. The summed E-state index contributed by atoms with van der Waals surface area (Å²) in [5.74, 6) is 0.244. The molecule has 2 rings (SSSR count). The summed E-state index contributed by atoms with van der Waals surface area (Å²) < 4.78 is 37.3. The largest absolute Gasteiger partial charge is 0.357 e. The second-order valence-electron chi connectivity index (χ2n) is 6.37. The number of aliphatic imine (C=N–C) groups is 1. The molecule has 0 amide bonds. The van der Waals surface area contributed by atoms with Crippen LogP contribution in [0.5, 0.6) is 0 Å². The molecule has 1 aromatic rings. The second-order valence-corrected chi connectivity index (χ2v) is 9.52. The molecule has 134 valence electrons. The lowest BCUT2D eigenvalue weighted by Gasteiger charge is -2.39. The quantitative estimate of drug-likeness (QED) is 0.651. The summed E-state index contributed by atoms with van der Waals surface area (Å²) in [7, 11) is -3.13. The average Bonchev–Trinajstić information content (AvgIpc) is 2.48. The van der Waals surface area contributed by atoms with Crippen LogP contribution in [-0.4, -0.2) is 49.4 Å². The van der Waals surface area contributed by atoms with E-state index in [0.717, 1.165) is 0 Å². The number of rotatable bonds is 3. The van der Waals surface area contributed by atoms with E-state index >= 15 is 0 Å². The van der Waals surface area contributed by atoms with Gasteiger partial charge in [0.2, 0.25) is 0 Å². The number of guanidine groups is 1. The van der Waals surface area contributed by atoms with E-state index in [0.29, 0.717) is 36.2 Å². The Morgan fingerprint density at radius 2 is 2.17 bits per heavy atom. The van der Waals surface area contributed by atoms with Crippen LogP contribution < -0.4 is 5.32 Å². The van der Waals surface area contributed by atoms with Gasteiger partial charge in [0, 0.05) is 30.2 Å². The van der Waals surface area contributed by atoms with Crippen LogP contribution in [0.25, 0.3) is 0 Å². The summed E-state index contributed by atoms with van der Waals surface area (Å²) in [4.78, 5) is 6.36. The zero-order valence-electron chi connectivity index (χ0n) is 14.1. The predicted octanol–water partition coefficient (Wildman–Crippen LogP) is 2.45. The fourth-order valence-electron chi connectivity index (χ4n) is 2.59. The maximum Gasteiger partial charge on any atom is 0.194 e. The highest BCUT2D eigenvalue weighted by Gasteiger charge is 2.40. The molecule has 24 heavy (non-hydrogen) atoms. The molecule has 1 heterocycles. The van der Waals surface area contributed by atoms with Gasteiger partial charge in [-0.1, -0.05) is 17.7 Å². The zero-order valence-corrected chi connectivity index (χ0v) is 15.7. The Bertz CT molecular complexity index is 715. The Morgan fingerprint density at radius 3 is 2.75 bits per heavy atom. The van der Waals surface area contributed by atoms with Crippen molar-refractivity contribution < 1.29 is 12.8 Å². The number of sulfone groups is 1. The molecule has 0 bridgehead atoms. The normalized spacial score (nSPS) is 20.0. The molecule has 5 nitrogen and oxygen atoms in total. The molecule has 0 radical (unpaired) electrons. The van der Waals surface area contributed by atoms with E-state index in [1.165, 1.54) is 6.07 Å². The van der Waals surface area contributed by atoms with E-state index < -0.39 is 20.4 Å². The van der Waals surface area contributed by atoms with Crippen LogP contribution in [0.15, 0.2) is 23.2 Å². The lowest BCUT2D eigenvalue weighted by molar-refractivity contribution is 0.353. The number of hydrogen-bond donors (Lipinski definition) is 1. The van der Waals surface area contributed by atoms with Crippen molar-refractivity contribution in [2.75, 3.05) is 25.4 Å². The third-order valence-corrected chi connectivity index (χ3v) is 7.01. The van der Waals surface area contributed by atoms with Crippen LogP contribution in [0.1, 0.15) is 26.3 Å². The van der Waals surface area contributed by atoms with Crippen LogP contribution in [-0.2, 0) is 16.4 Å². The van der Waals surface area contributed by atoms with Crippen molar-refractivity contribution >= 4 is 27.4 Å². The topological polar surface area (TPSA) is 61.8 Å². The van der Waals surface area contributed by atoms with E-state index in [1.54, 1.807) is 26.0 Å². The molecule has 1 fully saturated rings. The Balaban J connectivity index is 2.23. The van der Waals surface area contributed by atoms with Crippen molar-refractivity contribution in [3.63, 3.8) is 0 Å². The smallest absolute Gasteiger partial charge is 0.194 e. The lowest BCUT2D eigenvalue weighted by Crippen LogP contribution is -2.57. The summed E-state index contributed by atoms with van der Waals surface area (Å²) in [5, 5.41) is 3.47. The highest BCUT2D eigenvalue weighted by Crippen LogP contribution is 2.24. The van der Waals surface area contributed by atoms with E-state index in [4.69, 9.17) is 11.6 Å². The van der Waals surface area contributed by atoms with Crippen molar-refractivity contribution in [3.8, 4) is 0 Å². The number of benzene rings is 1. The lowest BCUT2D eigenvalue weighted by atomic mass is 10.2. The van der Waals surface area contributed by atoms with Crippen molar-refractivity contribution in [1.29, 1.82) is 0 Å². The Morgan fingerprint density at radius 1 is 1.46 bits per heavy atom. The van der Waals surface area contributed by atoms with Gasteiger partial charge in [0.15, 0.2) is 15.8 Å². The van der Waals surface area contributed by atoms with E-state index in [9.17, 15) is 12.8 Å². The summed E-state index contributed by atoms with van der Waals surface area (Å²) in [6.45, 7) is 6.79. The van der Waals surface area contributed by atoms with Gasteiger partial charge in [-0.15, -0.1) is 0 Å². The minimum atomic E-state index is -3.13. The van der Waals surface area contributed by atoms with Crippen LogP contribution in [0.4, 0.5) is 4.39 Å². The van der Waals surface area contributed by atoms with Gasteiger partial charge in [0.25, 0.3) is 0 Å². The third-order valence-electron chi connectivity index (χ3n) is 4.13. The number of nitrogens with zero attached hydrogens (tertiary/aromatic N) is 2. The van der Waals surface area contributed by atoms with Gasteiger partial charge in [0.1, 0.15) is 5.82 Å². The van der Waals surface area contributed by atoms with E-state index in [-0.39, 0.29) is 12.3 Å². The second kappa shape index (κ2) is 7.27. The van der Waals surface area contributed by atoms with Gasteiger partial charge < -0.3 is 10.2 Å². The Labute approximate surface area is 147 Å². The minimum Gasteiger partial charge on any atom is -0.357 e. The molecule has 8 heteroatoms. The Kier molecular flexibility index (Phi) is 5.75. The van der Waals surface area contributed by atoms with Crippen LogP contribution in [0.2, 0.25) is 5.02 Å². The van der Waals surface area contributed by atoms with Crippen LogP contribution in [0.3, 0.4) is 0 Å². The molecule has 0 unspecified atom stereocenters. The molecule has 1 N–H and O–H groups in total. The summed E-state index contributed by atoms with van der Waals surface area (Å²) in [6, 6.07) is 4.52. The van der Waals surface area contributed by atoms with Crippen LogP contribution in [0, 0.1) is 5.82 Å². The van der Waals surface area contributed by atoms with Crippen LogP contribution >= 0.6 is 11.6 Å². The number of hydrogen-bond acceptors (Lipinski definition) is 3. The molecule has 0 saturated carbocycles. The summed E-state index contributed by atoms with van der Waals surface area (Å²) in [5.41, 5.74) is 0.332. The molecule has 1 saturated heterocycles. The van der Waals surface area contributed by atoms with Crippen molar-refractivity contribution in [2.45, 2.75) is 32.1 Å². The fourth-order valence-corrected chi connectivity index (χ4v) is 4.18. The van der Waals surface area contributed by atoms with Gasteiger partial charge in [-0.25, -0.2) is 17.8 Å². The molecule has 1 aliphatic heterocycles. The summed E-state index contributed by atoms with van der Waals surface area (Å²) >= 11 is 6.04. The first-order chi connectivity index (χ1) is 11.2. The maximum absolute atomic E-state index is 13.9. The number of halogens is 2. The molecule has 1 aromatic carbocycles. The Hall–Kier alpha value is -1.34. The van der Waals surface area contributed by atoms with Gasteiger partial charge in [-0.2, -0.15) is 0 Å². The van der Waals surface area contributed by atoms with Crippen molar-refractivity contribution in [1.82, 2.24) is 10.2 Å². The van der Waals surface area contributed by atoms with Gasteiger partial charge in [0.05, 0.1) is 17.0 Å². The molecule has 1 aliphatic rings. The highest BCUT2D eigenvalue weighted by atomic mass is 35.5. The molecule has 0 aliphatic carbocycles. The monoisotopic (exact) mass is 375 g/mol. The molecule has 0 spiro atoms. The summed E-state index contributed by atoms with van der Waals surface area (Å²) in [6.07, 6.45) is 0. The van der Waals surface area contributed by atoms with Gasteiger partial charge >= 0.3 is 0 Å². The first-order valence-corrected chi connectivity index (χ1v) is 9.89. The van der Waals surface area contributed by atoms with Gasteiger partial charge in [-0.05, 0) is 32.9 Å². The first kappa shape index (κ1) is 19.0. The number of nitrogens with one attached hydrogen (secondary N) is 1. The first-order valence-electron chi connectivity index (χ1n) is 7.86. The SMILES string of the molecule is CCNC(=NCc1c(F)cccc1Cl)N1CCS(=O)(=O)C(C)(C)C1. The third kappa shape index (κ3) is 4.00. The maximum atomic E-state index is 13.9. The minimum absolute atomic E-state index is 0.0743. The molecular formula is C16H23ClFN3O2S. The molecular weight excluding hydrogens is 353 g/mol. The van der Waals surface area contributed by atoms with E-state index in [2.05, 4.69) is 10.3 Å². The van der Waals surface area contributed by atoms with Crippen molar-refractivity contribution in [2.24, 2.45) is 4.99 Å². The van der Waals surface area contributed by atoms with Crippen molar-refractivity contribution in [3.05, 3.63) is 34.6 Å². The molecule has 0 atom stereocenters. The standard InChI is InChI=1S/C16H23ClFN3O2S/c1-4-19-15(20-10-12-13(17)6-5-7-14(12)18)21-8-9-24(22,23)16(2,3)11-21/h5-7H,4,8-11H2,1-3H3,(H,19,20).